The highest BCUT2D eigenvalue weighted by Crippen LogP contribution is 2.45. The van der Waals surface area contributed by atoms with Gasteiger partial charge >= 0.3 is 39.5 Å². The highest BCUT2D eigenvalue weighted by atomic mass is 31.2. The van der Waals surface area contributed by atoms with E-state index in [1.165, 1.54) is 212 Å². The molecule has 0 aliphatic carbocycles. The Bertz CT molecular complexity index is 1820. The van der Waals surface area contributed by atoms with Crippen LogP contribution in [0.15, 0.2) is 0 Å². The minimum Gasteiger partial charge on any atom is -0.462 e. The maximum atomic E-state index is 13.1. The number of aliphatic hydroxyl groups is 1. The van der Waals surface area contributed by atoms with Crippen molar-refractivity contribution in [3.05, 3.63) is 0 Å². The fourth-order valence-corrected chi connectivity index (χ4v) is 13.3. The number of phosphoric acid groups is 2. The summed E-state index contributed by atoms with van der Waals surface area (Å²) in [5.74, 6) is -1.25. The summed E-state index contributed by atoms with van der Waals surface area (Å²) in [4.78, 5) is 72.6. The number of hydrogen-bond acceptors (Lipinski definition) is 15. The number of phosphoric ester groups is 2. The maximum Gasteiger partial charge on any atom is 0.472 e. The van der Waals surface area contributed by atoms with Gasteiger partial charge in [-0.15, -0.1) is 0 Å². The van der Waals surface area contributed by atoms with Crippen molar-refractivity contribution in [2.24, 2.45) is 5.92 Å². The molecule has 0 amide bonds. The molecule has 0 bridgehead atoms. The van der Waals surface area contributed by atoms with Crippen molar-refractivity contribution in [2.45, 2.75) is 419 Å². The van der Waals surface area contributed by atoms with Crippen LogP contribution in [0.3, 0.4) is 0 Å². The van der Waals surface area contributed by atoms with Crippen molar-refractivity contribution < 1.29 is 80.2 Å². The topological polar surface area (TPSA) is 237 Å². The molecule has 0 aromatic carbocycles. The Labute approximate surface area is 581 Å². The number of ether oxygens (including phenoxy) is 4. The van der Waals surface area contributed by atoms with Gasteiger partial charge in [-0.1, -0.05) is 349 Å². The quantitative estimate of drug-likeness (QED) is 0.0222. The SMILES string of the molecule is CCCCCCCCCCCCCCCC(=O)OC[C@H](COP(=O)(O)OC[C@@H](O)COP(=O)(O)OC[C@@H](COC(=O)CCCCCCCCC)OC(=O)CCCCCCCCCCCCCCC)OC(=O)CCCCCCCCCCCCCCCCCCCCC(C)CC. The largest absolute Gasteiger partial charge is 0.472 e. The molecule has 0 radical (unpaired) electrons. The van der Waals surface area contributed by atoms with Gasteiger partial charge < -0.3 is 33.8 Å². The van der Waals surface area contributed by atoms with Gasteiger partial charge in [-0.2, -0.15) is 0 Å². The molecule has 0 aromatic heterocycles. The highest BCUT2D eigenvalue weighted by Gasteiger charge is 2.30. The van der Waals surface area contributed by atoms with Crippen molar-refractivity contribution in [3.8, 4) is 0 Å². The minimum atomic E-state index is -4.95. The third kappa shape index (κ3) is 69.0. The zero-order valence-corrected chi connectivity index (χ0v) is 63.6. The molecule has 95 heavy (non-hydrogen) atoms. The van der Waals surface area contributed by atoms with Crippen LogP contribution >= 0.6 is 15.6 Å². The van der Waals surface area contributed by atoms with Gasteiger partial charge in [0.25, 0.3) is 0 Å². The Morgan fingerprint density at radius 3 is 0.747 bits per heavy atom. The lowest BCUT2D eigenvalue weighted by molar-refractivity contribution is -0.161. The molecule has 19 heteroatoms. The number of carbonyl (C=O) groups is 4. The maximum absolute atomic E-state index is 13.1. The predicted octanol–water partition coefficient (Wildman–Crippen LogP) is 22.5. The molecular formula is C76H148O17P2. The van der Waals surface area contributed by atoms with Crippen molar-refractivity contribution in [2.75, 3.05) is 39.6 Å². The predicted molar refractivity (Wildman–Crippen MR) is 386 cm³/mol. The molecular weight excluding hydrogens is 1250 g/mol. The number of aliphatic hydroxyl groups excluding tert-OH is 1. The minimum absolute atomic E-state index is 0.108. The lowest BCUT2D eigenvalue weighted by atomic mass is 9.99. The number of rotatable bonds is 76. The van der Waals surface area contributed by atoms with E-state index in [0.717, 1.165) is 109 Å². The first-order chi connectivity index (χ1) is 46.1. The van der Waals surface area contributed by atoms with Gasteiger partial charge in [0.05, 0.1) is 26.4 Å². The van der Waals surface area contributed by atoms with Crippen LogP contribution in [0.5, 0.6) is 0 Å². The standard InChI is InChI=1S/C76H148O17P2/c1-6-10-13-16-19-21-23-31-36-40-45-50-55-60-74(79)87-66-72(93-76(81)62-57-52-47-42-38-34-30-28-26-25-27-29-33-35-39-44-48-53-58-69(5)9-4)68-91-95(84,85)89-64-70(77)63-88-94(82,83)90-67-71(65-86-73(78)59-54-49-43-18-15-12-8-3)92-75(80)61-56-51-46-41-37-32-24-22-20-17-14-11-7-2/h69-72,77H,6-68H2,1-5H3,(H,82,83)(H,84,85)/t69?,70-,71+,72+/m0/s1. The first-order valence-electron chi connectivity index (χ1n) is 39.7. The zero-order chi connectivity index (χ0) is 69.8. The summed E-state index contributed by atoms with van der Waals surface area (Å²) in [6, 6.07) is 0. The lowest BCUT2D eigenvalue weighted by Crippen LogP contribution is -2.30. The fourth-order valence-electron chi connectivity index (χ4n) is 11.7. The molecule has 17 nitrogen and oxygen atoms in total. The van der Waals surface area contributed by atoms with Gasteiger partial charge in [-0.25, -0.2) is 9.13 Å². The van der Waals surface area contributed by atoms with E-state index in [1.54, 1.807) is 0 Å². The molecule has 0 aliphatic heterocycles. The van der Waals surface area contributed by atoms with Gasteiger partial charge in [-0.05, 0) is 31.6 Å². The van der Waals surface area contributed by atoms with Crippen molar-refractivity contribution in [3.63, 3.8) is 0 Å². The molecule has 0 saturated heterocycles. The molecule has 0 saturated carbocycles. The second kappa shape index (κ2) is 69.2. The molecule has 6 atom stereocenters. The van der Waals surface area contributed by atoms with Crippen molar-refractivity contribution in [1.29, 1.82) is 0 Å². The van der Waals surface area contributed by atoms with E-state index < -0.39 is 97.5 Å². The van der Waals surface area contributed by atoms with Crippen LogP contribution in [0.4, 0.5) is 0 Å². The summed E-state index contributed by atoms with van der Waals surface area (Å²) in [5.41, 5.74) is 0. The third-order valence-electron chi connectivity index (χ3n) is 18.1. The van der Waals surface area contributed by atoms with E-state index in [1.807, 2.05) is 0 Å². The molecule has 0 heterocycles. The Hall–Kier alpha value is -1.94. The second-order valence-electron chi connectivity index (χ2n) is 27.6. The lowest BCUT2D eigenvalue weighted by Gasteiger charge is -2.21. The second-order valence-corrected chi connectivity index (χ2v) is 30.5. The monoisotopic (exact) mass is 1400 g/mol. The Balaban J connectivity index is 5.14. The van der Waals surface area contributed by atoms with Crippen molar-refractivity contribution >= 4 is 39.5 Å². The third-order valence-corrected chi connectivity index (χ3v) is 20.0. The molecule has 0 fully saturated rings. The average Bonchev–Trinajstić information content (AvgIpc) is 2.05. The van der Waals surface area contributed by atoms with E-state index in [2.05, 4.69) is 34.6 Å². The number of hydrogen-bond donors (Lipinski definition) is 3. The van der Waals surface area contributed by atoms with Crippen LogP contribution in [0.25, 0.3) is 0 Å². The molecule has 0 spiro atoms. The molecule has 0 aromatic rings. The van der Waals surface area contributed by atoms with Crippen LogP contribution in [0.1, 0.15) is 401 Å². The summed E-state index contributed by atoms with van der Waals surface area (Å²) < 4.78 is 68.4. The Kier molecular flexibility index (Phi) is 67.7. The number of unbranched alkanes of at least 4 members (excludes halogenated alkanes) is 47. The molecule has 3 N–H and O–H groups in total. The summed E-state index contributed by atoms with van der Waals surface area (Å²) in [6.07, 6.45) is 58.3. The van der Waals surface area contributed by atoms with Gasteiger partial charge in [-0.3, -0.25) is 37.3 Å². The average molecular weight is 1400 g/mol. The summed E-state index contributed by atoms with van der Waals surface area (Å²) in [6.45, 7) is 7.32. The normalized spacial score (nSPS) is 14.2. The molecule has 564 valence electrons. The van der Waals surface area contributed by atoms with Crippen LogP contribution < -0.4 is 0 Å². The summed E-state index contributed by atoms with van der Waals surface area (Å²) in [7, 11) is -9.90. The van der Waals surface area contributed by atoms with E-state index in [0.29, 0.717) is 25.7 Å². The van der Waals surface area contributed by atoms with Crippen molar-refractivity contribution in [1.82, 2.24) is 0 Å². The summed E-state index contributed by atoms with van der Waals surface area (Å²) in [5, 5.41) is 10.6. The smallest absolute Gasteiger partial charge is 0.462 e. The van der Waals surface area contributed by atoms with Gasteiger partial charge in [0.1, 0.15) is 19.3 Å². The zero-order valence-electron chi connectivity index (χ0n) is 61.8. The highest BCUT2D eigenvalue weighted by molar-refractivity contribution is 7.47. The fraction of sp³-hybridized carbons (Fsp3) is 0.947. The molecule has 0 aliphatic rings. The Morgan fingerprint density at radius 1 is 0.295 bits per heavy atom. The first kappa shape index (κ1) is 93.1. The van der Waals surface area contributed by atoms with Gasteiger partial charge in [0.15, 0.2) is 12.2 Å². The molecule has 0 rings (SSSR count). The van der Waals surface area contributed by atoms with Crippen LogP contribution in [-0.4, -0.2) is 96.7 Å². The van der Waals surface area contributed by atoms with E-state index in [-0.39, 0.29) is 25.7 Å². The summed E-state index contributed by atoms with van der Waals surface area (Å²) >= 11 is 0. The van der Waals surface area contributed by atoms with Crippen LogP contribution in [0, 0.1) is 5.92 Å². The van der Waals surface area contributed by atoms with E-state index in [4.69, 9.17) is 37.0 Å². The number of esters is 4. The van der Waals surface area contributed by atoms with Crippen LogP contribution in [-0.2, 0) is 65.4 Å². The van der Waals surface area contributed by atoms with E-state index in [9.17, 15) is 43.2 Å². The van der Waals surface area contributed by atoms with Gasteiger partial charge in [0, 0.05) is 25.7 Å². The van der Waals surface area contributed by atoms with Gasteiger partial charge in [0.2, 0.25) is 0 Å². The molecule has 3 unspecified atom stereocenters. The first-order valence-corrected chi connectivity index (χ1v) is 42.7. The van der Waals surface area contributed by atoms with Crippen LogP contribution in [0.2, 0.25) is 0 Å². The Morgan fingerprint density at radius 2 is 0.505 bits per heavy atom. The van der Waals surface area contributed by atoms with E-state index >= 15 is 0 Å². The number of carbonyl (C=O) groups excluding carboxylic acids is 4.